The van der Waals surface area contributed by atoms with Crippen molar-refractivity contribution in [2.75, 3.05) is 24.5 Å². The van der Waals surface area contributed by atoms with Gasteiger partial charge in [-0.05, 0) is 49.7 Å². The Labute approximate surface area is 187 Å². The van der Waals surface area contributed by atoms with Gasteiger partial charge >= 0.3 is 5.97 Å². The summed E-state index contributed by atoms with van der Waals surface area (Å²) in [5, 5.41) is 9.43. The summed E-state index contributed by atoms with van der Waals surface area (Å²) in [6, 6.07) is 8.20. The average molecular weight is 453 g/mol. The van der Waals surface area contributed by atoms with Crippen molar-refractivity contribution in [1.82, 2.24) is 9.47 Å². The van der Waals surface area contributed by atoms with Crippen LogP contribution < -0.4 is 10.3 Å². The maximum absolute atomic E-state index is 15.2. The standard InChI is InChI=1S/C24H21F2N3O4/c1-13(30)9-27-10-17-6-16(27)11-28(17)22-8-21-18(7-20(22)26)23(31)19(24(32)33)12-29(21)15-4-2-14(25)3-5-15/h2-5,7-8,12,16-17H,6,9-11H2,1H3,(H,32,33). The molecule has 2 saturated heterocycles. The molecule has 7 nitrogen and oxygen atoms in total. The fourth-order valence-electron chi connectivity index (χ4n) is 5.05. The van der Waals surface area contributed by atoms with Crippen LogP contribution in [0.25, 0.3) is 16.6 Å². The number of aromatic nitrogens is 1. The van der Waals surface area contributed by atoms with E-state index in [4.69, 9.17) is 0 Å². The highest BCUT2D eigenvalue weighted by atomic mass is 19.1. The molecule has 0 aliphatic carbocycles. The number of carbonyl (C=O) groups is 2. The topological polar surface area (TPSA) is 82.8 Å². The lowest BCUT2D eigenvalue weighted by atomic mass is 10.1. The van der Waals surface area contributed by atoms with Gasteiger partial charge in [0.25, 0.3) is 0 Å². The molecule has 1 aromatic heterocycles. The van der Waals surface area contributed by atoms with Crippen molar-refractivity contribution in [3.8, 4) is 5.69 Å². The van der Waals surface area contributed by atoms with Crippen LogP contribution >= 0.6 is 0 Å². The van der Waals surface area contributed by atoms with E-state index in [0.717, 1.165) is 12.5 Å². The van der Waals surface area contributed by atoms with Gasteiger partial charge in [-0.3, -0.25) is 14.5 Å². The smallest absolute Gasteiger partial charge is 0.341 e. The van der Waals surface area contributed by atoms with Crippen molar-refractivity contribution >= 4 is 28.3 Å². The summed E-state index contributed by atoms with van der Waals surface area (Å²) >= 11 is 0. The van der Waals surface area contributed by atoms with E-state index in [1.54, 1.807) is 13.0 Å². The largest absolute Gasteiger partial charge is 0.477 e. The van der Waals surface area contributed by atoms with Gasteiger partial charge in [-0.15, -0.1) is 0 Å². The molecule has 0 saturated carbocycles. The summed E-state index contributed by atoms with van der Waals surface area (Å²) in [7, 11) is 0. The molecule has 3 heterocycles. The number of carboxylic acids is 1. The molecular formula is C24H21F2N3O4. The highest BCUT2D eigenvalue weighted by molar-refractivity contribution is 5.94. The van der Waals surface area contributed by atoms with Crippen LogP contribution in [-0.4, -0.2) is 58.0 Å². The number of benzene rings is 2. The van der Waals surface area contributed by atoms with Gasteiger partial charge in [-0.2, -0.15) is 0 Å². The molecule has 0 spiro atoms. The van der Waals surface area contributed by atoms with Gasteiger partial charge in [-0.25, -0.2) is 13.6 Å². The number of rotatable bonds is 5. The van der Waals surface area contributed by atoms with Crippen molar-refractivity contribution in [3.63, 3.8) is 0 Å². The lowest BCUT2D eigenvalue weighted by Gasteiger charge is -2.35. The average Bonchev–Trinajstić information content (AvgIpc) is 3.34. The quantitative estimate of drug-likeness (QED) is 0.640. The van der Waals surface area contributed by atoms with Gasteiger partial charge in [0.15, 0.2) is 0 Å². The predicted octanol–water partition coefficient (Wildman–Crippen LogP) is 2.82. The molecule has 3 aromatic rings. The van der Waals surface area contributed by atoms with Crippen molar-refractivity contribution in [2.24, 2.45) is 0 Å². The number of hydrogen-bond donors (Lipinski definition) is 1. The van der Waals surface area contributed by atoms with Crippen LogP contribution in [0, 0.1) is 11.6 Å². The van der Waals surface area contributed by atoms with Crippen LogP contribution in [0.4, 0.5) is 14.5 Å². The van der Waals surface area contributed by atoms with E-state index in [1.165, 1.54) is 35.0 Å². The summed E-state index contributed by atoms with van der Waals surface area (Å²) in [5.41, 5.74) is -0.194. The van der Waals surface area contributed by atoms with Crippen LogP contribution in [0.15, 0.2) is 47.4 Å². The predicted molar refractivity (Wildman–Crippen MR) is 118 cm³/mol. The highest BCUT2D eigenvalue weighted by Crippen LogP contribution is 2.37. The number of carboxylic acid groups (broad SMARTS) is 1. The van der Waals surface area contributed by atoms with Crippen LogP contribution in [0.3, 0.4) is 0 Å². The first-order valence-corrected chi connectivity index (χ1v) is 10.6. The summed E-state index contributed by atoms with van der Waals surface area (Å²) in [6.07, 6.45) is 2.00. The molecule has 2 atom stereocenters. The molecular weight excluding hydrogens is 432 g/mol. The first kappa shape index (κ1) is 21.3. The Morgan fingerprint density at radius 3 is 2.42 bits per heavy atom. The number of piperazine rings is 1. The molecule has 1 N–H and O–H groups in total. The molecule has 0 amide bonds. The Balaban J connectivity index is 1.64. The first-order valence-electron chi connectivity index (χ1n) is 10.6. The van der Waals surface area contributed by atoms with Crippen LogP contribution in [0.1, 0.15) is 23.7 Å². The van der Waals surface area contributed by atoms with Gasteiger partial charge in [0.2, 0.25) is 5.43 Å². The lowest BCUT2D eigenvalue weighted by molar-refractivity contribution is -0.118. The number of hydrogen-bond acceptors (Lipinski definition) is 5. The number of fused-ring (bicyclic) bond motifs is 3. The third-order valence-corrected chi connectivity index (χ3v) is 6.50. The third-order valence-electron chi connectivity index (χ3n) is 6.50. The minimum absolute atomic E-state index is 0.0329. The van der Waals surface area contributed by atoms with E-state index in [0.29, 0.717) is 36.5 Å². The molecule has 9 heteroatoms. The Bertz CT molecular complexity index is 1350. The van der Waals surface area contributed by atoms with Crippen LogP contribution in [0.2, 0.25) is 0 Å². The second kappa shape index (κ2) is 7.77. The molecule has 2 unspecified atom stereocenters. The fraction of sp³-hybridized carbons (Fsp3) is 0.292. The van der Waals surface area contributed by atoms with Crippen LogP contribution in [0.5, 0.6) is 0 Å². The van der Waals surface area contributed by atoms with E-state index in [1.807, 2.05) is 4.90 Å². The Hall–Kier alpha value is -3.59. The molecule has 2 fully saturated rings. The maximum atomic E-state index is 15.2. The van der Waals surface area contributed by atoms with Crippen molar-refractivity contribution in [3.05, 3.63) is 70.0 Å². The van der Waals surface area contributed by atoms with Gasteiger partial charge in [0.05, 0.1) is 17.7 Å². The highest BCUT2D eigenvalue weighted by Gasteiger charge is 2.44. The summed E-state index contributed by atoms with van der Waals surface area (Å²) < 4.78 is 30.2. The number of anilines is 1. The second-order valence-corrected chi connectivity index (χ2v) is 8.67. The second-order valence-electron chi connectivity index (χ2n) is 8.67. The van der Waals surface area contributed by atoms with Gasteiger partial charge in [0, 0.05) is 42.4 Å². The van der Waals surface area contributed by atoms with Crippen molar-refractivity contribution < 1.29 is 23.5 Å². The Kier molecular flexibility index (Phi) is 5.01. The number of halogens is 2. The van der Waals surface area contributed by atoms with Gasteiger partial charge in [-0.1, -0.05) is 0 Å². The van der Waals surface area contributed by atoms with Crippen molar-refractivity contribution in [2.45, 2.75) is 25.4 Å². The minimum atomic E-state index is -1.43. The summed E-state index contributed by atoms with van der Waals surface area (Å²) in [5.74, 6) is -2.41. The zero-order valence-corrected chi connectivity index (χ0v) is 17.8. The first-order chi connectivity index (χ1) is 15.7. The number of nitrogens with zero attached hydrogens (tertiary/aromatic N) is 3. The molecule has 2 aromatic carbocycles. The van der Waals surface area contributed by atoms with E-state index >= 15 is 4.39 Å². The summed E-state index contributed by atoms with van der Waals surface area (Å²) in [4.78, 5) is 40.0. The summed E-state index contributed by atoms with van der Waals surface area (Å²) in [6.45, 7) is 3.11. The molecule has 0 radical (unpaired) electrons. The van der Waals surface area contributed by atoms with E-state index in [2.05, 4.69) is 4.90 Å². The van der Waals surface area contributed by atoms with Gasteiger partial charge in [0.1, 0.15) is 23.0 Å². The molecule has 170 valence electrons. The van der Waals surface area contributed by atoms with E-state index in [9.17, 15) is 23.9 Å². The van der Waals surface area contributed by atoms with Crippen LogP contribution in [-0.2, 0) is 4.79 Å². The SMILES string of the molecule is CC(=O)CN1CC2CC1CN2c1cc2c(cc1F)c(=O)c(C(=O)O)cn2-c1ccc(F)cc1. The van der Waals surface area contributed by atoms with E-state index in [-0.39, 0.29) is 23.3 Å². The molecule has 33 heavy (non-hydrogen) atoms. The maximum Gasteiger partial charge on any atom is 0.341 e. The van der Waals surface area contributed by atoms with Crippen molar-refractivity contribution in [1.29, 1.82) is 0 Å². The zero-order chi connectivity index (χ0) is 23.4. The number of pyridine rings is 1. The fourth-order valence-corrected chi connectivity index (χ4v) is 5.05. The molecule has 5 rings (SSSR count). The number of ketones is 1. The number of likely N-dealkylation sites (tertiary alicyclic amines) is 1. The minimum Gasteiger partial charge on any atom is -0.477 e. The Morgan fingerprint density at radius 2 is 1.82 bits per heavy atom. The Morgan fingerprint density at radius 1 is 1.09 bits per heavy atom. The normalized spacial score (nSPS) is 20.0. The number of carbonyl (C=O) groups excluding carboxylic acids is 1. The number of Topliss-reactive ketones (excluding diaryl/α,β-unsaturated/α-hetero) is 1. The monoisotopic (exact) mass is 453 g/mol. The van der Waals surface area contributed by atoms with E-state index < -0.39 is 28.6 Å². The van der Waals surface area contributed by atoms with Gasteiger partial charge < -0.3 is 14.6 Å². The lowest BCUT2D eigenvalue weighted by Crippen LogP contribution is -2.48. The molecule has 2 aliphatic heterocycles. The molecule has 2 aliphatic rings. The zero-order valence-electron chi connectivity index (χ0n) is 17.8. The molecule has 2 bridgehead atoms. The number of aromatic carboxylic acids is 1. The third kappa shape index (κ3) is 3.58.